The zero-order chi connectivity index (χ0) is 10.6. The molecule has 0 atom stereocenters. The average molecular weight is 215 g/mol. The molecule has 6 nitrogen and oxygen atoms in total. The highest BCUT2D eigenvalue weighted by Gasteiger charge is 2.18. The number of esters is 1. The number of aromatic nitrogens is 1. The van der Waals surface area contributed by atoms with Gasteiger partial charge in [0.25, 0.3) is 0 Å². The molecule has 7 heteroatoms. The van der Waals surface area contributed by atoms with Crippen LogP contribution in [0.5, 0.6) is 0 Å². The van der Waals surface area contributed by atoms with E-state index in [4.69, 9.17) is 5.73 Å². The van der Waals surface area contributed by atoms with Crippen LogP contribution < -0.4 is 5.73 Å². The van der Waals surface area contributed by atoms with Gasteiger partial charge in [0, 0.05) is 5.38 Å². The summed E-state index contributed by atoms with van der Waals surface area (Å²) in [6, 6.07) is 0. The van der Waals surface area contributed by atoms with Gasteiger partial charge in [-0.05, 0) is 0 Å². The molecule has 0 fully saturated rings. The zero-order valence-corrected chi connectivity index (χ0v) is 8.50. The summed E-state index contributed by atoms with van der Waals surface area (Å²) >= 11 is 1.21. The van der Waals surface area contributed by atoms with Crippen molar-refractivity contribution in [3.8, 4) is 0 Å². The molecule has 0 aliphatic rings. The van der Waals surface area contributed by atoms with Crippen molar-refractivity contribution in [1.29, 1.82) is 0 Å². The van der Waals surface area contributed by atoms with E-state index >= 15 is 0 Å². The van der Waals surface area contributed by atoms with E-state index in [-0.39, 0.29) is 5.71 Å². The molecule has 1 rings (SSSR count). The molecule has 1 aromatic heterocycles. The highest BCUT2D eigenvalue weighted by Crippen LogP contribution is 2.12. The number of carbonyl (C=O) groups excluding carboxylic acids is 1. The third kappa shape index (κ3) is 2.19. The van der Waals surface area contributed by atoms with Crippen LogP contribution >= 0.6 is 11.3 Å². The fraction of sp³-hybridized carbons (Fsp3) is 0.286. The lowest BCUT2D eigenvalue weighted by molar-refractivity contribution is -0.132. The Morgan fingerprint density at radius 1 is 1.64 bits per heavy atom. The molecule has 14 heavy (non-hydrogen) atoms. The molecule has 1 heterocycles. The second-order valence-corrected chi connectivity index (χ2v) is 3.07. The van der Waals surface area contributed by atoms with Crippen LogP contribution in [-0.4, -0.2) is 30.9 Å². The topological polar surface area (TPSA) is 86.8 Å². The summed E-state index contributed by atoms with van der Waals surface area (Å²) in [5.74, 6) is -0.614. The van der Waals surface area contributed by atoms with Crippen molar-refractivity contribution < 1.29 is 14.4 Å². The summed E-state index contributed by atoms with van der Waals surface area (Å²) < 4.78 is 4.50. The molecule has 0 unspecified atom stereocenters. The SMILES string of the molecule is CO/N=C(\C(=O)OC)c1csc(N)n1. The maximum absolute atomic E-state index is 11.2. The van der Waals surface area contributed by atoms with Crippen molar-refractivity contribution in [2.24, 2.45) is 5.16 Å². The maximum Gasteiger partial charge on any atom is 0.362 e. The minimum Gasteiger partial charge on any atom is -0.464 e. The molecule has 0 bridgehead atoms. The number of carbonyl (C=O) groups is 1. The van der Waals surface area contributed by atoms with Crippen LogP contribution in [0.15, 0.2) is 10.5 Å². The van der Waals surface area contributed by atoms with Gasteiger partial charge in [0.1, 0.15) is 12.8 Å². The lowest BCUT2D eigenvalue weighted by atomic mass is 10.3. The Hall–Kier alpha value is -1.63. The van der Waals surface area contributed by atoms with Gasteiger partial charge < -0.3 is 15.3 Å². The summed E-state index contributed by atoms with van der Waals surface area (Å²) in [5.41, 5.74) is 5.76. The number of hydrogen-bond acceptors (Lipinski definition) is 7. The summed E-state index contributed by atoms with van der Waals surface area (Å²) in [6.45, 7) is 0. The number of nitrogen functional groups attached to an aromatic ring is 1. The van der Waals surface area contributed by atoms with Gasteiger partial charge >= 0.3 is 5.97 Å². The molecule has 1 aromatic rings. The number of nitrogens with zero attached hydrogens (tertiary/aromatic N) is 2. The molecular formula is C7H9N3O3S. The predicted molar refractivity (Wildman–Crippen MR) is 52.1 cm³/mol. The molecule has 0 aromatic carbocycles. The fourth-order valence-electron chi connectivity index (χ4n) is 0.773. The van der Waals surface area contributed by atoms with Gasteiger partial charge in [0.2, 0.25) is 5.71 Å². The van der Waals surface area contributed by atoms with Crippen molar-refractivity contribution in [3.05, 3.63) is 11.1 Å². The van der Waals surface area contributed by atoms with E-state index in [2.05, 4.69) is 19.7 Å². The molecule has 0 spiro atoms. The van der Waals surface area contributed by atoms with Gasteiger partial charge in [-0.3, -0.25) is 0 Å². The summed E-state index contributed by atoms with van der Waals surface area (Å²) in [4.78, 5) is 19.6. The quantitative estimate of drug-likeness (QED) is 0.443. The molecule has 0 aliphatic carbocycles. The summed E-state index contributed by atoms with van der Waals surface area (Å²) in [6.07, 6.45) is 0. The molecule has 0 saturated carbocycles. The van der Waals surface area contributed by atoms with Crippen LogP contribution in [-0.2, 0) is 14.4 Å². The van der Waals surface area contributed by atoms with E-state index < -0.39 is 5.97 Å². The van der Waals surface area contributed by atoms with Crippen molar-refractivity contribution in [1.82, 2.24) is 4.98 Å². The van der Waals surface area contributed by atoms with Crippen molar-refractivity contribution >= 4 is 28.1 Å². The smallest absolute Gasteiger partial charge is 0.362 e. The molecule has 0 amide bonds. The van der Waals surface area contributed by atoms with Gasteiger partial charge in [-0.2, -0.15) is 0 Å². The lowest BCUT2D eigenvalue weighted by Gasteiger charge is -1.98. The zero-order valence-electron chi connectivity index (χ0n) is 7.68. The third-order valence-electron chi connectivity index (χ3n) is 1.33. The molecule has 0 saturated heterocycles. The van der Waals surface area contributed by atoms with Crippen molar-refractivity contribution in [3.63, 3.8) is 0 Å². The molecule has 0 aliphatic heterocycles. The number of methoxy groups -OCH3 is 1. The number of thiazole rings is 1. The van der Waals surface area contributed by atoms with Crippen molar-refractivity contribution in [2.45, 2.75) is 0 Å². The van der Waals surface area contributed by atoms with Crippen LogP contribution in [0, 0.1) is 0 Å². The molecule has 2 N–H and O–H groups in total. The largest absolute Gasteiger partial charge is 0.464 e. The lowest BCUT2D eigenvalue weighted by Crippen LogP contribution is -2.18. The Morgan fingerprint density at radius 3 is 2.79 bits per heavy atom. The summed E-state index contributed by atoms with van der Waals surface area (Å²) in [5, 5.41) is 5.46. The van der Waals surface area contributed by atoms with Gasteiger partial charge in [-0.25, -0.2) is 9.78 Å². The fourth-order valence-corrected chi connectivity index (χ4v) is 1.32. The normalized spacial score (nSPS) is 11.1. The highest BCUT2D eigenvalue weighted by atomic mass is 32.1. The first-order chi connectivity index (χ1) is 6.69. The first-order valence-corrected chi connectivity index (χ1v) is 4.47. The Balaban J connectivity index is 3.00. The first-order valence-electron chi connectivity index (χ1n) is 3.60. The van der Waals surface area contributed by atoms with Gasteiger partial charge in [-0.15, -0.1) is 11.3 Å². The highest BCUT2D eigenvalue weighted by molar-refractivity contribution is 7.13. The number of hydrogen-bond donors (Lipinski definition) is 1. The van der Waals surface area contributed by atoms with Crippen LogP contribution in [0.3, 0.4) is 0 Å². The standard InChI is InChI=1S/C7H9N3O3S/c1-12-6(11)5(10-13-2)4-3-14-7(8)9-4/h3H,1-2H3,(H2,8,9)/b10-5-. The summed E-state index contributed by atoms with van der Waals surface area (Å²) in [7, 11) is 2.59. The predicted octanol–water partition coefficient (Wildman–Crippen LogP) is 0.249. The maximum atomic E-state index is 11.2. The minimum absolute atomic E-state index is 0.00273. The monoisotopic (exact) mass is 215 g/mol. The van der Waals surface area contributed by atoms with Gasteiger partial charge in [0.05, 0.1) is 7.11 Å². The number of anilines is 1. The molecular weight excluding hydrogens is 206 g/mol. The minimum atomic E-state index is -0.614. The van der Waals surface area contributed by atoms with Crippen LogP contribution in [0.1, 0.15) is 5.69 Å². The van der Waals surface area contributed by atoms with E-state index in [0.717, 1.165) is 0 Å². The van der Waals surface area contributed by atoms with E-state index in [1.54, 1.807) is 5.38 Å². The Labute approximate surface area is 84.3 Å². The van der Waals surface area contributed by atoms with E-state index in [0.29, 0.717) is 10.8 Å². The molecule has 0 radical (unpaired) electrons. The second-order valence-electron chi connectivity index (χ2n) is 2.19. The van der Waals surface area contributed by atoms with E-state index in [1.165, 1.54) is 25.6 Å². The Bertz CT molecular complexity index is 361. The Morgan fingerprint density at radius 2 is 2.36 bits per heavy atom. The number of oxime groups is 1. The van der Waals surface area contributed by atoms with Crippen LogP contribution in [0.4, 0.5) is 5.13 Å². The van der Waals surface area contributed by atoms with Crippen LogP contribution in [0.25, 0.3) is 0 Å². The van der Waals surface area contributed by atoms with E-state index in [9.17, 15) is 4.79 Å². The van der Waals surface area contributed by atoms with Gasteiger partial charge in [0.15, 0.2) is 5.13 Å². The Kier molecular flexibility index (Phi) is 3.41. The third-order valence-corrected chi connectivity index (χ3v) is 2.00. The number of nitrogens with two attached hydrogens (primary N) is 1. The van der Waals surface area contributed by atoms with Gasteiger partial charge in [-0.1, -0.05) is 5.16 Å². The second kappa shape index (κ2) is 4.56. The average Bonchev–Trinajstić information content (AvgIpc) is 2.60. The van der Waals surface area contributed by atoms with E-state index in [1.807, 2.05) is 0 Å². The molecule has 76 valence electrons. The number of ether oxygens (including phenoxy) is 1. The van der Waals surface area contributed by atoms with Crippen LogP contribution in [0.2, 0.25) is 0 Å². The first kappa shape index (κ1) is 10.5. The van der Waals surface area contributed by atoms with Crippen molar-refractivity contribution in [2.75, 3.05) is 20.0 Å². The number of rotatable bonds is 3.